The summed E-state index contributed by atoms with van der Waals surface area (Å²) in [5.41, 5.74) is 0. The molecule has 100 valence electrons. The molecule has 0 amide bonds. The monoisotopic (exact) mass is 289 g/mol. The number of hydrogen-bond acceptors (Lipinski definition) is 4. The fourth-order valence-corrected chi connectivity index (χ4v) is 5.17. The van der Waals surface area contributed by atoms with Crippen LogP contribution in [0.4, 0.5) is 0 Å². The third-order valence-electron chi connectivity index (χ3n) is 3.02. The molecule has 2 rings (SSSR count). The molecule has 0 aliphatic carbocycles. The summed E-state index contributed by atoms with van der Waals surface area (Å²) >= 11 is 1.18. The van der Waals surface area contributed by atoms with Crippen molar-refractivity contribution < 1.29 is 18.3 Å². The van der Waals surface area contributed by atoms with Gasteiger partial charge in [-0.1, -0.05) is 0 Å². The molecule has 0 saturated carbocycles. The molecular weight excluding hydrogens is 274 g/mol. The zero-order valence-electron chi connectivity index (χ0n) is 10.00. The fraction of sp³-hybridized carbons (Fsp3) is 0.545. The number of thiophene rings is 1. The van der Waals surface area contributed by atoms with E-state index in [4.69, 9.17) is 5.11 Å². The average Bonchev–Trinajstić information content (AvgIpc) is 2.76. The van der Waals surface area contributed by atoms with Gasteiger partial charge >= 0.3 is 5.97 Å². The zero-order valence-corrected chi connectivity index (χ0v) is 11.6. The highest BCUT2D eigenvalue weighted by Gasteiger charge is 2.38. The normalized spacial score (nSPS) is 21.9. The summed E-state index contributed by atoms with van der Waals surface area (Å²) in [6.45, 7) is 2.12. The van der Waals surface area contributed by atoms with E-state index < -0.39 is 22.0 Å². The minimum absolute atomic E-state index is 0.230. The van der Waals surface area contributed by atoms with Crippen LogP contribution in [0.25, 0.3) is 0 Å². The summed E-state index contributed by atoms with van der Waals surface area (Å²) in [7, 11) is -3.66. The van der Waals surface area contributed by atoms with Gasteiger partial charge in [-0.15, -0.1) is 11.3 Å². The molecule has 2 heterocycles. The predicted octanol–water partition coefficient (Wildman–Crippen LogP) is 1.68. The number of carboxylic acids is 1. The Labute approximate surface area is 110 Å². The highest BCUT2D eigenvalue weighted by Crippen LogP contribution is 2.29. The Morgan fingerprint density at radius 2 is 2.17 bits per heavy atom. The number of hydrogen-bond donors (Lipinski definition) is 1. The molecule has 5 nitrogen and oxygen atoms in total. The van der Waals surface area contributed by atoms with Crippen LogP contribution in [-0.2, 0) is 14.8 Å². The van der Waals surface area contributed by atoms with Crippen LogP contribution in [0.5, 0.6) is 0 Å². The number of nitrogens with zero attached hydrogens (tertiary/aromatic N) is 1. The third-order valence-corrected chi connectivity index (χ3v) is 6.39. The van der Waals surface area contributed by atoms with E-state index in [1.807, 2.05) is 6.92 Å². The maximum atomic E-state index is 12.4. The van der Waals surface area contributed by atoms with E-state index in [1.165, 1.54) is 11.3 Å². The van der Waals surface area contributed by atoms with Gasteiger partial charge in [-0.2, -0.15) is 4.31 Å². The van der Waals surface area contributed by atoms with E-state index in [9.17, 15) is 13.2 Å². The quantitative estimate of drug-likeness (QED) is 0.918. The fourth-order valence-electron chi connectivity index (χ4n) is 2.11. The molecule has 18 heavy (non-hydrogen) atoms. The van der Waals surface area contributed by atoms with E-state index in [1.54, 1.807) is 12.1 Å². The second kappa shape index (κ2) is 4.99. The van der Waals surface area contributed by atoms with Gasteiger partial charge in [0.2, 0.25) is 0 Å². The first-order valence-corrected chi connectivity index (χ1v) is 7.99. The van der Waals surface area contributed by atoms with Gasteiger partial charge in [0.15, 0.2) is 0 Å². The van der Waals surface area contributed by atoms with E-state index in [0.717, 1.165) is 15.6 Å². The van der Waals surface area contributed by atoms with E-state index >= 15 is 0 Å². The molecule has 1 N–H and O–H groups in total. The lowest BCUT2D eigenvalue weighted by molar-refractivity contribution is -0.142. The van der Waals surface area contributed by atoms with E-state index in [0.29, 0.717) is 12.8 Å². The molecule has 1 aromatic heterocycles. The first kappa shape index (κ1) is 13.5. The molecule has 0 aromatic carbocycles. The highest BCUT2D eigenvalue weighted by atomic mass is 32.2. The largest absolute Gasteiger partial charge is 0.480 e. The summed E-state index contributed by atoms with van der Waals surface area (Å²) in [6.07, 6.45) is 1.86. The van der Waals surface area contributed by atoms with Gasteiger partial charge in [0.1, 0.15) is 10.3 Å². The van der Waals surface area contributed by atoms with E-state index in [2.05, 4.69) is 0 Å². The van der Waals surface area contributed by atoms with Gasteiger partial charge in [0.25, 0.3) is 10.0 Å². The molecular formula is C11H15NO4S2. The smallest absolute Gasteiger partial charge is 0.322 e. The molecule has 1 atom stereocenters. The average molecular weight is 289 g/mol. The number of aryl methyl sites for hydroxylation is 1. The molecule has 1 aliphatic heterocycles. The Morgan fingerprint density at radius 3 is 2.72 bits per heavy atom. The van der Waals surface area contributed by atoms with Gasteiger partial charge in [-0.05, 0) is 38.3 Å². The molecule has 1 fully saturated rings. The maximum absolute atomic E-state index is 12.4. The number of aliphatic carboxylic acids is 1. The molecule has 1 aliphatic rings. The first-order valence-electron chi connectivity index (χ1n) is 5.74. The maximum Gasteiger partial charge on any atom is 0.322 e. The SMILES string of the molecule is Cc1ccc(S(=O)(=O)N2CCCC[C@@H]2C(=O)O)s1. The second-order valence-electron chi connectivity index (χ2n) is 4.33. The zero-order chi connectivity index (χ0) is 13.3. The van der Waals surface area contributed by atoms with Crippen LogP contribution in [0.2, 0.25) is 0 Å². The topological polar surface area (TPSA) is 74.7 Å². The van der Waals surface area contributed by atoms with Crippen molar-refractivity contribution in [2.75, 3.05) is 6.54 Å². The molecule has 1 saturated heterocycles. The number of sulfonamides is 1. The lowest BCUT2D eigenvalue weighted by atomic mass is 10.1. The lowest BCUT2D eigenvalue weighted by Gasteiger charge is -2.31. The van der Waals surface area contributed by atoms with Gasteiger partial charge in [-0.3, -0.25) is 4.79 Å². The number of carbonyl (C=O) groups is 1. The third kappa shape index (κ3) is 2.43. The number of piperidine rings is 1. The van der Waals surface area contributed by atoms with Gasteiger partial charge < -0.3 is 5.11 Å². The molecule has 1 aromatic rings. The predicted molar refractivity (Wildman–Crippen MR) is 68.2 cm³/mol. The van der Waals surface area contributed by atoms with Crippen molar-refractivity contribution in [3.8, 4) is 0 Å². The molecule has 0 spiro atoms. The summed E-state index contributed by atoms with van der Waals surface area (Å²) in [4.78, 5) is 12.0. The molecule has 0 radical (unpaired) electrons. The standard InChI is InChI=1S/C11H15NO4S2/c1-8-5-6-10(17-8)18(15,16)12-7-3-2-4-9(12)11(13)14/h5-6,9H,2-4,7H2,1H3,(H,13,14)/t9-/m1/s1. The summed E-state index contributed by atoms with van der Waals surface area (Å²) in [5, 5.41) is 9.12. The Kier molecular flexibility index (Phi) is 3.74. The summed E-state index contributed by atoms with van der Waals surface area (Å²) in [5.74, 6) is -1.06. The van der Waals surface area contributed by atoms with Crippen molar-refractivity contribution in [2.24, 2.45) is 0 Å². The Balaban J connectivity index is 2.36. The summed E-state index contributed by atoms with van der Waals surface area (Å²) in [6, 6.07) is 2.35. The molecule has 0 unspecified atom stereocenters. The van der Waals surface area contributed by atoms with Crippen molar-refractivity contribution in [1.82, 2.24) is 4.31 Å². The Morgan fingerprint density at radius 1 is 1.44 bits per heavy atom. The minimum Gasteiger partial charge on any atom is -0.480 e. The Hall–Kier alpha value is -0.920. The van der Waals surface area contributed by atoms with Crippen molar-refractivity contribution in [1.29, 1.82) is 0 Å². The van der Waals surface area contributed by atoms with Gasteiger partial charge in [0.05, 0.1) is 0 Å². The minimum atomic E-state index is -3.66. The number of rotatable bonds is 3. The molecule has 0 bridgehead atoms. The number of carboxylic acid groups (broad SMARTS) is 1. The van der Waals surface area contributed by atoms with Crippen LogP contribution >= 0.6 is 11.3 Å². The van der Waals surface area contributed by atoms with Gasteiger partial charge in [0, 0.05) is 11.4 Å². The van der Waals surface area contributed by atoms with Crippen LogP contribution < -0.4 is 0 Å². The van der Waals surface area contributed by atoms with Gasteiger partial charge in [-0.25, -0.2) is 8.42 Å². The summed E-state index contributed by atoms with van der Waals surface area (Å²) < 4.78 is 26.1. The van der Waals surface area contributed by atoms with Crippen molar-refractivity contribution >= 4 is 27.3 Å². The highest BCUT2D eigenvalue weighted by molar-refractivity contribution is 7.91. The van der Waals surface area contributed by atoms with Crippen LogP contribution in [0.1, 0.15) is 24.1 Å². The van der Waals surface area contributed by atoms with E-state index in [-0.39, 0.29) is 10.8 Å². The molecule has 7 heteroatoms. The Bertz CT molecular complexity index is 549. The van der Waals surface area contributed by atoms with Crippen molar-refractivity contribution in [3.63, 3.8) is 0 Å². The van der Waals surface area contributed by atoms with Crippen molar-refractivity contribution in [3.05, 3.63) is 17.0 Å². The first-order chi connectivity index (χ1) is 8.43. The lowest BCUT2D eigenvalue weighted by Crippen LogP contribution is -2.47. The van der Waals surface area contributed by atoms with Crippen molar-refractivity contribution in [2.45, 2.75) is 36.4 Å². The van der Waals surface area contributed by atoms with Crippen LogP contribution in [0, 0.1) is 6.92 Å². The second-order valence-corrected chi connectivity index (χ2v) is 7.74. The van der Waals surface area contributed by atoms with Crippen LogP contribution in [0.15, 0.2) is 16.3 Å². The van der Waals surface area contributed by atoms with Crippen LogP contribution in [0.3, 0.4) is 0 Å². The van der Waals surface area contributed by atoms with Crippen LogP contribution in [-0.4, -0.2) is 36.4 Å².